The van der Waals surface area contributed by atoms with E-state index in [-0.39, 0.29) is 0 Å². The fourth-order valence-corrected chi connectivity index (χ4v) is 2.23. The molecule has 64 valence electrons. The number of nitrogens with one attached hydrogen (secondary N) is 1. The Morgan fingerprint density at radius 1 is 1.27 bits per heavy atom. The van der Waals surface area contributed by atoms with E-state index in [2.05, 4.69) is 4.90 Å². The highest BCUT2D eigenvalue weighted by Crippen LogP contribution is 2.22. The van der Waals surface area contributed by atoms with Crippen molar-refractivity contribution in [3.8, 4) is 0 Å². The number of hydrogen-bond acceptors (Lipinski definition) is 2. The van der Waals surface area contributed by atoms with E-state index in [9.17, 15) is 5.21 Å². The molecule has 0 aromatic rings. The zero-order valence-electron chi connectivity index (χ0n) is 6.88. The summed E-state index contributed by atoms with van der Waals surface area (Å²) in [6.45, 7) is 2.57. The Bertz CT molecular complexity index is 134. The van der Waals surface area contributed by atoms with Gasteiger partial charge in [-0.2, -0.15) is 0 Å². The van der Waals surface area contributed by atoms with Gasteiger partial charge >= 0.3 is 0 Å². The van der Waals surface area contributed by atoms with Gasteiger partial charge in [-0.15, -0.1) is 0 Å². The zero-order valence-corrected chi connectivity index (χ0v) is 6.88. The average Bonchev–Trinajstić information content (AvgIpc) is 2.55. The van der Waals surface area contributed by atoms with E-state index in [1.807, 2.05) is 0 Å². The van der Waals surface area contributed by atoms with Crippen molar-refractivity contribution >= 4 is 0 Å². The molecule has 1 saturated carbocycles. The molecule has 2 fully saturated rings. The Morgan fingerprint density at radius 3 is 2.55 bits per heavy atom. The summed E-state index contributed by atoms with van der Waals surface area (Å²) in [5.41, 5.74) is 0. The van der Waals surface area contributed by atoms with Gasteiger partial charge in [-0.3, -0.25) is 0 Å². The predicted octanol–water partition coefficient (Wildman–Crippen LogP) is -0.415. The van der Waals surface area contributed by atoms with E-state index in [0.29, 0.717) is 5.06 Å². The second-order valence-electron chi connectivity index (χ2n) is 3.70. The van der Waals surface area contributed by atoms with Crippen LogP contribution in [0.5, 0.6) is 0 Å². The molecular formula is C8H16N2O. The van der Waals surface area contributed by atoms with Crippen LogP contribution in [0, 0.1) is 5.21 Å². The molecule has 2 rings (SSSR count). The predicted molar refractivity (Wildman–Crippen MR) is 43.0 cm³/mol. The summed E-state index contributed by atoms with van der Waals surface area (Å²) < 4.78 is 0. The summed E-state index contributed by atoms with van der Waals surface area (Å²) in [6.07, 6.45) is 5.39. The van der Waals surface area contributed by atoms with Crippen LogP contribution in [-0.4, -0.2) is 30.7 Å². The molecule has 0 bridgehead atoms. The van der Waals surface area contributed by atoms with Gasteiger partial charge in [-0.25, -0.2) is 4.90 Å². The Morgan fingerprint density at radius 2 is 2.00 bits per heavy atom. The molecule has 1 aliphatic heterocycles. The van der Waals surface area contributed by atoms with Crippen molar-refractivity contribution in [1.82, 2.24) is 4.90 Å². The minimum atomic E-state index is 0.442. The first-order chi connectivity index (χ1) is 5.36. The first-order valence-electron chi connectivity index (χ1n) is 4.62. The van der Waals surface area contributed by atoms with Crippen LogP contribution in [0.25, 0.3) is 0 Å². The third-order valence-electron chi connectivity index (χ3n) is 2.90. The van der Waals surface area contributed by atoms with E-state index >= 15 is 0 Å². The standard InChI is InChI=1S/C8H16N2O/c11-10-6-5-9(7-10)8-3-1-2-4-8/h8,10H,1-7H2. The molecule has 0 radical (unpaired) electrons. The van der Waals surface area contributed by atoms with Crippen molar-refractivity contribution in [3.63, 3.8) is 0 Å². The summed E-state index contributed by atoms with van der Waals surface area (Å²) in [4.78, 5) is 2.37. The third-order valence-corrected chi connectivity index (χ3v) is 2.90. The molecule has 1 unspecified atom stereocenters. The van der Waals surface area contributed by atoms with Gasteiger partial charge in [0.1, 0.15) is 6.67 Å². The number of hydrogen-bond donors (Lipinski definition) is 1. The molecule has 3 heteroatoms. The third kappa shape index (κ3) is 1.55. The second-order valence-corrected chi connectivity index (χ2v) is 3.70. The van der Waals surface area contributed by atoms with Crippen molar-refractivity contribution in [2.24, 2.45) is 0 Å². The van der Waals surface area contributed by atoms with Crippen LogP contribution in [0.15, 0.2) is 0 Å². The maximum atomic E-state index is 11.0. The molecule has 3 nitrogen and oxygen atoms in total. The van der Waals surface area contributed by atoms with Crippen LogP contribution < -0.4 is 5.06 Å². The molecule has 2 aliphatic rings. The fraction of sp³-hybridized carbons (Fsp3) is 1.00. The van der Waals surface area contributed by atoms with E-state index in [1.54, 1.807) is 0 Å². The van der Waals surface area contributed by atoms with Gasteiger partial charge < -0.3 is 10.3 Å². The van der Waals surface area contributed by atoms with Gasteiger partial charge in [-0.05, 0) is 12.8 Å². The van der Waals surface area contributed by atoms with Gasteiger partial charge in [0.25, 0.3) is 0 Å². The molecule has 0 aromatic carbocycles. The van der Waals surface area contributed by atoms with Crippen molar-refractivity contribution in [3.05, 3.63) is 5.21 Å². The van der Waals surface area contributed by atoms with Crippen LogP contribution in [0.2, 0.25) is 0 Å². The largest absolute Gasteiger partial charge is 0.633 e. The SMILES string of the molecule is [O-][NH+]1CCN(C2CCCC2)C1. The summed E-state index contributed by atoms with van der Waals surface area (Å²) in [6, 6.07) is 0.751. The Labute approximate surface area is 67.6 Å². The summed E-state index contributed by atoms with van der Waals surface area (Å²) in [7, 11) is 0. The van der Waals surface area contributed by atoms with Gasteiger partial charge in [0, 0.05) is 6.04 Å². The molecule has 1 saturated heterocycles. The average molecular weight is 156 g/mol. The first-order valence-corrected chi connectivity index (χ1v) is 4.62. The lowest BCUT2D eigenvalue weighted by Crippen LogP contribution is -3.05. The molecular weight excluding hydrogens is 140 g/mol. The normalized spacial score (nSPS) is 35.2. The zero-order chi connectivity index (χ0) is 7.68. The van der Waals surface area contributed by atoms with Crippen molar-refractivity contribution in [2.45, 2.75) is 31.7 Å². The summed E-state index contributed by atoms with van der Waals surface area (Å²) >= 11 is 0. The molecule has 0 spiro atoms. The van der Waals surface area contributed by atoms with Crippen LogP contribution >= 0.6 is 0 Å². The molecule has 0 amide bonds. The van der Waals surface area contributed by atoms with Crippen molar-refractivity contribution in [1.29, 1.82) is 0 Å². The van der Waals surface area contributed by atoms with Crippen molar-refractivity contribution in [2.75, 3.05) is 19.8 Å². The molecule has 0 aromatic heterocycles. The molecule has 11 heavy (non-hydrogen) atoms. The minimum absolute atomic E-state index is 0.442. The Balaban J connectivity index is 1.85. The minimum Gasteiger partial charge on any atom is -0.633 e. The fourth-order valence-electron chi connectivity index (χ4n) is 2.23. The Hall–Kier alpha value is -0.120. The molecule has 1 atom stereocenters. The lowest BCUT2D eigenvalue weighted by atomic mass is 10.2. The number of hydroxylamine groups is 2. The number of rotatable bonds is 1. The van der Waals surface area contributed by atoms with E-state index in [1.165, 1.54) is 25.7 Å². The highest BCUT2D eigenvalue weighted by atomic mass is 16.5. The Kier molecular flexibility index (Phi) is 2.11. The van der Waals surface area contributed by atoms with Crippen LogP contribution in [0.4, 0.5) is 0 Å². The first kappa shape index (κ1) is 7.53. The van der Waals surface area contributed by atoms with Gasteiger partial charge in [0.15, 0.2) is 0 Å². The van der Waals surface area contributed by atoms with Crippen LogP contribution in [0.1, 0.15) is 25.7 Å². The van der Waals surface area contributed by atoms with E-state index in [4.69, 9.17) is 0 Å². The highest BCUT2D eigenvalue weighted by molar-refractivity contribution is 4.76. The molecule has 1 aliphatic carbocycles. The number of nitrogens with zero attached hydrogens (tertiary/aromatic N) is 1. The van der Waals surface area contributed by atoms with Crippen LogP contribution in [-0.2, 0) is 0 Å². The maximum absolute atomic E-state index is 11.0. The van der Waals surface area contributed by atoms with Crippen molar-refractivity contribution < 1.29 is 5.06 Å². The number of quaternary nitrogens is 1. The van der Waals surface area contributed by atoms with E-state index in [0.717, 1.165) is 25.8 Å². The maximum Gasteiger partial charge on any atom is 0.133 e. The lowest BCUT2D eigenvalue weighted by Gasteiger charge is -2.22. The summed E-state index contributed by atoms with van der Waals surface area (Å²) in [5.74, 6) is 0. The van der Waals surface area contributed by atoms with Crippen LogP contribution in [0.3, 0.4) is 0 Å². The van der Waals surface area contributed by atoms with Gasteiger partial charge in [0.05, 0.1) is 13.1 Å². The van der Waals surface area contributed by atoms with Gasteiger partial charge in [0.2, 0.25) is 0 Å². The van der Waals surface area contributed by atoms with Gasteiger partial charge in [-0.1, -0.05) is 12.8 Å². The lowest BCUT2D eigenvalue weighted by molar-refractivity contribution is -0.839. The second kappa shape index (κ2) is 3.09. The molecule has 1 N–H and O–H groups in total. The van der Waals surface area contributed by atoms with E-state index < -0.39 is 0 Å². The smallest absolute Gasteiger partial charge is 0.133 e. The molecule has 1 heterocycles. The summed E-state index contributed by atoms with van der Waals surface area (Å²) in [5, 5.41) is 11.4. The highest BCUT2D eigenvalue weighted by Gasteiger charge is 2.27. The topological polar surface area (TPSA) is 30.7 Å². The monoisotopic (exact) mass is 156 g/mol. The quantitative estimate of drug-likeness (QED) is 0.523.